The molecule has 0 saturated heterocycles. The summed E-state index contributed by atoms with van der Waals surface area (Å²) in [6, 6.07) is 0. The average molecular weight is 279 g/mol. The molecule has 0 atom stereocenters. The summed E-state index contributed by atoms with van der Waals surface area (Å²) in [6.45, 7) is 0. The standard InChI is InChI=1S/C5H8O4.2CH3.Sn/c6-4(7)2-1-3-5(8)9;;;/h1-3H2,(H,6,7)(H,8,9);2*1H3;/q;;;+2/p-2. The second-order valence-corrected chi connectivity index (χ2v) is 4.95. The zero-order chi connectivity index (χ0) is 9.98. The van der Waals surface area contributed by atoms with E-state index in [0.29, 0.717) is 0 Å². The third-order valence-electron chi connectivity index (χ3n) is 0.762. The molecule has 0 radical (unpaired) electrons. The number of carbonyl (C=O) groups is 2. The third-order valence-corrected chi connectivity index (χ3v) is 0.762. The van der Waals surface area contributed by atoms with Crippen LogP contribution in [0.25, 0.3) is 0 Å². The first-order valence-corrected chi connectivity index (χ1v) is 9.23. The molecule has 0 aromatic carbocycles. The Balaban J connectivity index is 0. The summed E-state index contributed by atoms with van der Waals surface area (Å²) in [5.41, 5.74) is 0. The van der Waals surface area contributed by atoms with Crippen LogP contribution in [0.3, 0.4) is 0 Å². The molecular formula is C7H12O4Sn. The number of carbonyl (C=O) groups excluding carboxylic acids is 2. The van der Waals surface area contributed by atoms with E-state index in [1.165, 1.54) is 0 Å². The van der Waals surface area contributed by atoms with E-state index in [4.69, 9.17) is 0 Å². The Morgan fingerprint density at radius 1 is 1.08 bits per heavy atom. The molecule has 0 spiro atoms. The molecule has 0 aromatic rings. The van der Waals surface area contributed by atoms with Crippen LogP contribution < -0.4 is 10.2 Å². The molecule has 4 nitrogen and oxygen atoms in total. The minimum absolute atomic E-state index is 0.0880. The molecular weight excluding hydrogens is 267 g/mol. The van der Waals surface area contributed by atoms with Gasteiger partial charge in [0.2, 0.25) is 0 Å². The Morgan fingerprint density at radius 2 is 1.33 bits per heavy atom. The molecule has 0 fully saturated rings. The maximum absolute atomic E-state index is 9.66. The van der Waals surface area contributed by atoms with Crippen LogP contribution in [0.4, 0.5) is 0 Å². The van der Waals surface area contributed by atoms with Gasteiger partial charge in [-0.1, -0.05) is 0 Å². The van der Waals surface area contributed by atoms with Gasteiger partial charge in [-0.3, -0.25) is 0 Å². The summed E-state index contributed by atoms with van der Waals surface area (Å²) in [7, 11) is 0. The molecule has 0 amide bonds. The number of hydrogen-bond acceptors (Lipinski definition) is 4. The predicted molar refractivity (Wildman–Crippen MR) is 41.3 cm³/mol. The molecule has 0 aliphatic heterocycles. The van der Waals surface area contributed by atoms with Gasteiger partial charge in [-0.25, -0.2) is 0 Å². The van der Waals surface area contributed by atoms with Gasteiger partial charge in [0.25, 0.3) is 0 Å². The van der Waals surface area contributed by atoms with Crippen LogP contribution in [0, 0.1) is 0 Å². The fourth-order valence-electron chi connectivity index (χ4n) is 0.377. The van der Waals surface area contributed by atoms with E-state index >= 15 is 0 Å². The van der Waals surface area contributed by atoms with Crippen molar-refractivity contribution < 1.29 is 19.8 Å². The molecule has 12 heavy (non-hydrogen) atoms. The number of rotatable bonds is 4. The molecule has 5 heteroatoms. The Bertz CT molecular complexity index is 121. The van der Waals surface area contributed by atoms with Crippen molar-refractivity contribution in [2.75, 3.05) is 0 Å². The zero-order valence-corrected chi connectivity index (χ0v) is 10.1. The van der Waals surface area contributed by atoms with Crippen LogP contribution in [0.15, 0.2) is 0 Å². The number of carboxylic acid groups (broad SMARTS) is 2. The van der Waals surface area contributed by atoms with Gasteiger partial charge in [0, 0.05) is 11.9 Å². The van der Waals surface area contributed by atoms with E-state index in [-0.39, 0.29) is 40.4 Å². The van der Waals surface area contributed by atoms with Gasteiger partial charge >= 0.3 is 31.0 Å². The van der Waals surface area contributed by atoms with Gasteiger partial charge in [-0.2, -0.15) is 0 Å². The van der Waals surface area contributed by atoms with Crippen LogP contribution in [0.2, 0.25) is 9.88 Å². The summed E-state index contributed by atoms with van der Waals surface area (Å²) in [6.07, 6.45) is -0.341. The second-order valence-electron chi connectivity index (χ2n) is 2.10. The van der Waals surface area contributed by atoms with Crippen molar-refractivity contribution in [2.45, 2.75) is 29.1 Å². The molecule has 0 saturated carbocycles. The van der Waals surface area contributed by atoms with Crippen LogP contribution in [-0.2, 0) is 9.59 Å². The topological polar surface area (TPSA) is 80.3 Å². The summed E-state index contributed by atoms with van der Waals surface area (Å²) < 4.78 is 0. The van der Waals surface area contributed by atoms with E-state index in [9.17, 15) is 19.8 Å². The van der Waals surface area contributed by atoms with Crippen molar-refractivity contribution in [2.24, 2.45) is 0 Å². The van der Waals surface area contributed by atoms with Gasteiger partial charge < -0.3 is 19.8 Å². The van der Waals surface area contributed by atoms with Gasteiger partial charge in [-0.15, -0.1) is 0 Å². The zero-order valence-electron chi connectivity index (χ0n) is 7.25. The molecule has 0 N–H and O–H groups in total. The van der Waals surface area contributed by atoms with Crippen LogP contribution >= 0.6 is 0 Å². The SMILES string of the molecule is O=C([O-])CCCC(=O)[O-].[CH3][Sn+2][CH3]. The van der Waals surface area contributed by atoms with Gasteiger partial charge in [0.1, 0.15) is 0 Å². The summed E-state index contributed by atoms with van der Waals surface area (Å²) >= 11 is 0.230. The first-order chi connectivity index (χ1) is 5.54. The molecule has 0 bridgehead atoms. The second kappa shape index (κ2) is 10.7. The maximum atomic E-state index is 9.66. The summed E-state index contributed by atoms with van der Waals surface area (Å²) in [5.74, 6) is -2.45. The molecule has 0 unspecified atom stereocenters. The Labute approximate surface area is 82.2 Å². The number of carboxylic acids is 2. The average Bonchev–Trinajstić information content (AvgIpc) is 1.87. The van der Waals surface area contributed by atoms with Crippen LogP contribution in [-0.4, -0.2) is 33.1 Å². The van der Waals surface area contributed by atoms with Crippen molar-refractivity contribution in [1.29, 1.82) is 0 Å². The molecule has 0 heterocycles. The van der Waals surface area contributed by atoms with Gasteiger partial charge in [0.15, 0.2) is 0 Å². The Hall–Kier alpha value is -0.261. The van der Waals surface area contributed by atoms with Crippen LogP contribution in [0.5, 0.6) is 0 Å². The monoisotopic (exact) mass is 280 g/mol. The van der Waals surface area contributed by atoms with Crippen molar-refractivity contribution in [3.8, 4) is 0 Å². The molecule has 0 aliphatic rings. The number of aliphatic carboxylic acids is 2. The first kappa shape index (κ1) is 14.3. The summed E-state index contributed by atoms with van der Waals surface area (Å²) in [5, 5.41) is 19.3. The normalized spacial score (nSPS) is 7.50. The van der Waals surface area contributed by atoms with Crippen molar-refractivity contribution >= 4 is 33.1 Å². The molecule has 0 aliphatic carbocycles. The van der Waals surface area contributed by atoms with Crippen LogP contribution in [0.1, 0.15) is 19.3 Å². The van der Waals surface area contributed by atoms with Crippen molar-refractivity contribution in [1.82, 2.24) is 0 Å². The van der Waals surface area contributed by atoms with Crippen molar-refractivity contribution in [3.63, 3.8) is 0 Å². The van der Waals surface area contributed by atoms with Gasteiger partial charge in [0.05, 0.1) is 0 Å². The molecule has 0 aromatic heterocycles. The van der Waals surface area contributed by atoms with Gasteiger partial charge in [-0.05, 0) is 19.3 Å². The first-order valence-electron chi connectivity index (χ1n) is 3.52. The predicted octanol–water partition coefficient (Wildman–Crippen LogP) is -1.56. The van der Waals surface area contributed by atoms with E-state index in [2.05, 4.69) is 9.88 Å². The fraction of sp³-hybridized carbons (Fsp3) is 0.714. The summed E-state index contributed by atoms with van der Waals surface area (Å²) in [4.78, 5) is 23.9. The molecule has 68 valence electrons. The van der Waals surface area contributed by atoms with E-state index < -0.39 is 11.9 Å². The van der Waals surface area contributed by atoms with Crippen molar-refractivity contribution in [3.05, 3.63) is 0 Å². The molecule has 0 rings (SSSR count). The number of hydrogen-bond donors (Lipinski definition) is 0. The van der Waals surface area contributed by atoms with E-state index in [1.807, 2.05) is 0 Å². The fourth-order valence-corrected chi connectivity index (χ4v) is 0.377. The van der Waals surface area contributed by atoms with E-state index in [0.717, 1.165) is 0 Å². The quantitative estimate of drug-likeness (QED) is 0.583. The Morgan fingerprint density at radius 3 is 1.50 bits per heavy atom. The Kier molecular flexibility index (Phi) is 12.8. The third kappa shape index (κ3) is 22.6. The minimum atomic E-state index is -1.23. The van der Waals surface area contributed by atoms with E-state index in [1.54, 1.807) is 0 Å².